The van der Waals surface area contributed by atoms with Crippen LogP contribution >= 0.6 is 0 Å². The van der Waals surface area contributed by atoms with Gasteiger partial charge < -0.3 is 15.2 Å². The molecule has 2 unspecified atom stereocenters. The topological polar surface area (TPSA) is 58.6 Å². The zero-order chi connectivity index (χ0) is 13.9. The second kappa shape index (κ2) is 5.72. The summed E-state index contributed by atoms with van der Waals surface area (Å²) >= 11 is 0. The van der Waals surface area contributed by atoms with Crippen molar-refractivity contribution in [3.8, 4) is 0 Å². The van der Waals surface area contributed by atoms with Crippen LogP contribution in [0.1, 0.15) is 31.4 Å². The van der Waals surface area contributed by atoms with Gasteiger partial charge in [-0.3, -0.25) is 4.79 Å². The maximum Gasteiger partial charge on any atom is 0.307 e. The number of nitrogens with one attached hydrogen (secondary N) is 1. The monoisotopic (exact) mass is 263 g/mol. The van der Waals surface area contributed by atoms with E-state index in [-0.39, 0.29) is 18.1 Å². The van der Waals surface area contributed by atoms with Gasteiger partial charge in [-0.05, 0) is 31.4 Å². The second-order valence-corrected chi connectivity index (χ2v) is 5.37. The van der Waals surface area contributed by atoms with Gasteiger partial charge in [0.25, 0.3) is 0 Å². The Labute approximate surface area is 113 Å². The molecule has 0 saturated carbocycles. The molecular weight excluding hydrogens is 242 g/mol. The number of carboxylic acid groups (broad SMARTS) is 1. The highest BCUT2D eigenvalue weighted by molar-refractivity contribution is 5.70. The van der Waals surface area contributed by atoms with E-state index in [1.54, 1.807) is 0 Å². The van der Waals surface area contributed by atoms with Crippen LogP contribution in [0.4, 0.5) is 0 Å². The Morgan fingerprint density at radius 2 is 2.16 bits per heavy atom. The normalized spacial score (nSPS) is 26.5. The number of carbonyl (C=O) groups is 1. The van der Waals surface area contributed by atoms with Crippen molar-refractivity contribution >= 4 is 5.97 Å². The molecule has 1 aromatic carbocycles. The average Bonchev–Trinajstić information content (AvgIpc) is 2.68. The Morgan fingerprint density at radius 1 is 1.47 bits per heavy atom. The molecule has 0 spiro atoms. The number of hydrogen-bond donors (Lipinski definition) is 2. The van der Waals surface area contributed by atoms with Crippen molar-refractivity contribution in [2.75, 3.05) is 6.61 Å². The van der Waals surface area contributed by atoms with Crippen LogP contribution < -0.4 is 5.32 Å². The summed E-state index contributed by atoms with van der Waals surface area (Å²) in [6, 6.07) is 7.68. The Morgan fingerprint density at radius 3 is 2.74 bits per heavy atom. The molecule has 19 heavy (non-hydrogen) atoms. The van der Waals surface area contributed by atoms with Gasteiger partial charge in [0, 0.05) is 18.7 Å². The fourth-order valence-corrected chi connectivity index (χ4v) is 2.43. The molecule has 1 aliphatic heterocycles. The van der Waals surface area contributed by atoms with Gasteiger partial charge in [-0.2, -0.15) is 0 Å². The van der Waals surface area contributed by atoms with Gasteiger partial charge in [0.15, 0.2) is 0 Å². The van der Waals surface area contributed by atoms with E-state index in [1.807, 2.05) is 24.3 Å². The van der Waals surface area contributed by atoms with Gasteiger partial charge in [0.05, 0.1) is 12.5 Å². The molecule has 2 atom stereocenters. The SMILES string of the molecule is CC1OCCC1(C)NCc1ccccc1CC(=O)O. The summed E-state index contributed by atoms with van der Waals surface area (Å²) in [7, 11) is 0. The molecule has 0 bridgehead atoms. The first-order chi connectivity index (χ1) is 9.01. The summed E-state index contributed by atoms with van der Waals surface area (Å²) in [5.74, 6) is -0.795. The molecule has 1 fully saturated rings. The highest BCUT2D eigenvalue weighted by atomic mass is 16.5. The molecule has 0 aromatic heterocycles. The van der Waals surface area contributed by atoms with E-state index >= 15 is 0 Å². The lowest BCUT2D eigenvalue weighted by molar-refractivity contribution is -0.136. The number of aliphatic carboxylic acids is 1. The average molecular weight is 263 g/mol. The first kappa shape index (κ1) is 14.0. The molecule has 0 amide bonds. The fourth-order valence-electron chi connectivity index (χ4n) is 2.43. The van der Waals surface area contributed by atoms with Crippen molar-refractivity contribution in [2.45, 2.75) is 44.9 Å². The zero-order valence-corrected chi connectivity index (χ0v) is 11.5. The minimum absolute atomic E-state index is 0.0314. The van der Waals surface area contributed by atoms with Crippen molar-refractivity contribution in [3.63, 3.8) is 0 Å². The van der Waals surface area contributed by atoms with Gasteiger partial charge in [-0.15, -0.1) is 0 Å². The van der Waals surface area contributed by atoms with E-state index in [0.29, 0.717) is 6.54 Å². The minimum atomic E-state index is -0.795. The Kier molecular flexibility index (Phi) is 4.22. The van der Waals surface area contributed by atoms with E-state index in [0.717, 1.165) is 24.2 Å². The van der Waals surface area contributed by atoms with Gasteiger partial charge in [0.1, 0.15) is 0 Å². The van der Waals surface area contributed by atoms with Crippen molar-refractivity contribution in [3.05, 3.63) is 35.4 Å². The van der Waals surface area contributed by atoms with Crippen LogP contribution in [0.5, 0.6) is 0 Å². The third-order valence-electron chi connectivity index (χ3n) is 4.03. The van der Waals surface area contributed by atoms with Crippen LogP contribution in [0.2, 0.25) is 0 Å². The lowest BCUT2D eigenvalue weighted by atomic mass is 9.94. The molecule has 2 rings (SSSR count). The third kappa shape index (κ3) is 3.33. The van der Waals surface area contributed by atoms with E-state index in [4.69, 9.17) is 9.84 Å². The summed E-state index contributed by atoms with van der Waals surface area (Å²) in [5, 5.41) is 12.4. The summed E-state index contributed by atoms with van der Waals surface area (Å²) in [6.45, 7) is 5.68. The van der Waals surface area contributed by atoms with Crippen LogP contribution in [-0.2, 0) is 22.5 Å². The smallest absolute Gasteiger partial charge is 0.307 e. The highest BCUT2D eigenvalue weighted by Gasteiger charge is 2.36. The summed E-state index contributed by atoms with van der Waals surface area (Å²) in [6.07, 6.45) is 1.23. The number of carboxylic acids is 1. The number of rotatable bonds is 5. The van der Waals surface area contributed by atoms with Gasteiger partial charge in [0.2, 0.25) is 0 Å². The lowest BCUT2D eigenvalue weighted by Gasteiger charge is -2.29. The van der Waals surface area contributed by atoms with Crippen molar-refractivity contribution in [2.24, 2.45) is 0 Å². The summed E-state index contributed by atoms with van der Waals surface area (Å²) < 4.78 is 5.60. The largest absolute Gasteiger partial charge is 0.481 e. The Balaban J connectivity index is 2.05. The summed E-state index contributed by atoms with van der Waals surface area (Å²) in [4.78, 5) is 10.9. The first-order valence-corrected chi connectivity index (χ1v) is 6.66. The van der Waals surface area contributed by atoms with Gasteiger partial charge >= 0.3 is 5.97 Å². The lowest BCUT2D eigenvalue weighted by Crippen LogP contribution is -2.47. The van der Waals surface area contributed by atoms with Crippen LogP contribution in [-0.4, -0.2) is 29.3 Å². The van der Waals surface area contributed by atoms with Crippen molar-refractivity contribution in [1.82, 2.24) is 5.32 Å². The molecule has 1 aliphatic rings. The van der Waals surface area contributed by atoms with E-state index in [1.165, 1.54) is 0 Å². The number of ether oxygens (including phenoxy) is 1. The molecule has 4 nitrogen and oxygen atoms in total. The first-order valence-electron chi connectivity index (χ1n) is 6.66. The summed E-state index contributed by atoms with van der Waals surface area (Å²) in [5.41, 5.74) is 1.89. The standard InChI is InChI=1S/C15H21NO3/c1-11-15(2,7-8-19-11)16-10-13-6-4-3-5-12(13)9-14(17)18/h3-6,11,16H,7-10H2,1-2H3,(H,17,18). The van der Waals surface area contributed by atoms with Crippen LogP contribution in [0, 0.1) is 0 Å². The fraction of sp³-hybridized carbons (Fsp3) is 0.533. The molecular formula is C15H21NO3. The minimum Gasteiger partial charge on any atom is -0.481 e. The second-order valence-electron chi connectivity index (χ2n) is 5.37. The van der Waals surface area contributed by atoms with Crippen molar-refractivity contribution < 1.29 is 14.6 Å². The molecule has 0 aliphatic carbocycles. The Bertz CT molecular complexity index is 460. The maximum absolute atomic E-state index is 10.9. The van der Waals surface area contributed by atoms with Crippen LogP contribution in [0.25, 0.3) is 0 Å². The molecule has 4 heteroatoms. The van der Waals surface area contributed by atoms with Crippen LogP contribution in [0.15, 0.2) is 24.3 Å². The molecule has 104 valence electrons. The molecule has 2 N–H and O–H groups in total. The highest BCUT2D eigenvalue weighted by Crippen LogP contribution is 2.25. The maximum atomic E-state index is 10.9. The molecule has 1 aromatic rings. The zero-order valence-electron chi connectivity index (χ0n) is 11.5. The number of hydrogen-bond acceptors (Lipinski definition) is 3. The Hall–Kier alpha value is -1.39. The van der Waals surface area contributed by atoms with E-state index < -0.39 is 5.97 Å². The van der Waals surface area contributed by atoms with E-state index in [9.17, 15) is 4.79 Å². The molecule has 1 saturated heterocycles. The predicted molar refractivity (Wildman–Crippen MR) is 73.1 cm³/mol. The predicted octanol–water partition coefficient (Wildman–Crippen LogP) is 1.97. The third-order valence-corrected chi connectivity index (χ3v) is 4.03. The van der Waals surface area contributed by atoms with E-state index in [2.05, 4.69) is 19.2 Å². The van der Waals surface area contributed by atoms with Gasteiger partial charge in [-0.1, -0.05) is 24.3 Å². The molecule has 0 radical (unpaired) electrons. The quantitative estimate of drug-likeness (QED) is 0.852. The van der Waals surface area contributed by atoms with Gasteiger partial charge in [-0.25, -0.2) is 0 Å². The molecule has 1 heterocycles. The van der Waals surface area contributed by atoms with Crippen molar-refractivity contribution in [1.29, 1.82) is 0 Å². The number of benzene rings is 1. The van der Waals surface area contributed by atoms with Crippen LogP contribution in [0.3, 0.4) is 0 Å².